The van der Waals surface area contributed by atoms with E-state index in [1.807, 2.05) is 0 Å². The lowest BCUT2D eigenvalue weighted by Crippen LogP contribution is -2.36. The first-order chi connectivity index (χ1) is 14.6. The van der Waals surface area contributed by atoms with Gasteiger partial charge in [0.25, 0.3) is 0 Å². The minimum Gasteiger partial charge on any atom is -0.352 e. The monoisotopic (exact) mass is 418 g/mol. The Bertz CT molecular complexity index is 1080. The molecule has 0 aliphatic heterocycles. The minimum absolute atomic E-state index is 0.0568. The van der Waals surface area contributed by atoms with Crippen molar-refractivity contribution in [3.63, 3.8) is 0 Å². The summed E-state index contributed by atoms with van der Waals surface area (Å²) in [6.07, 6.45) is 4.15. The standard InChI is InChI=1S/C24H26N4OS/c1-15-7-8-16(2)21(11-15)28-23(17-9-10-17)26-27-24(28)30-14-22(29)25-20-12-18-5-3-4-6-19(18)13-20/h3-8,11,17,20H,9-10,12-14H2,1-2H3,(H,25,29). The van der Waals surface area contributed by atoms with E-state index >= 15 is 0 Å². The average molecular weight is 419 g/mol. The van der Waals surface area contributed by atoms with Gasteiger partial charge in [0.1, 0.15) is 5.82 Å². The number of nitrogens with one attached hydrogen (secondary N) is 1. The molecule has 0 unspecified atom stereocenters. The van der Waals surface area contributed by atoms with Gasteiger partial charge in [0.15, 0.2) is 5.16 Å². The number of thioether (sulfide) groups is 1. The SMILES string of the molecule is Cc1ccc(C)c(-n2c(SCC(=O)NC3Cc4ccccc4C3)nnc2C2CC2)c1. The molecule has 154 valence electrons. The lowest BCUT2D eigenvalue weighted by Gasteiger charge is -2.14. The van der Waals surface area contributed by atoms with Crippen LogP contribution >= 0.6 is 11.8 Å². The number of aryl methyl sites for hydroxylation is 2. The second kappa shape index (κ2) is 7.91. The van der Waals surface area contributed by atoms with E-state index in [2.05, 4.69) is 76.4 Å². The molecule has 2 aromatic carbocycles. The number of carbonyl (C=O) groups is 1. The highest BCUT2D eigenvalue weighted by Gasteiger charge is 2.31. The Labute approximate surface area is 181 Å². The van der Waals surface area contributed by atoms with Crippen molar-refractivity contribution in [2.45, 2.75) is 56.6 Å². The molecule has 1 fully saturated rings. The highest BCUT2D eigenvalue weighted by Crippen LogP contribution is 2.41. The Morgan fingerprint density at radius 2 is 1.83 bits per heavy atom. The van der Waals surface area contributed by atoms with Gasteiger partial charge in [0.2, 0.25) is 5.91 Å². The van der Waals surface area contributed by atoms with E-state index in [-0.39, 0.29) is 11.9 Å². The van der Waals surface area contributed by atoms with Gasteiger partial charge in [-0.3, -0.25) is 9.36 Å². The van der Waals surface area contributed by atoms with Crippen LogP contribution in [-0.4, -0.2) is 32.5 Å². The molecule has 30 heavy (non-hydrogen) atoms. The third-order valence-corrected chi connectivity index (χ3v) is 6.88. The smallest absolute Gasteiger partial charge is 0.230 e. The number of hydrogen-bond acceptors (Lipinski definition) is 4. The Kier molecular flexibility index (Phi) is 5.11. The van der Waals surface area contributed by atoms with Crippen LogP contribution in [0, 0.1) is 13.8 Å². The van der Waals surface area contributed by atoms with E-state index in [0.29, 0.717) is 11.7 Å². The van der Waals surface area contributed by atoms with Crippen molar-refractivity contribution in [3.8, 4) is 5.69 Å². The molecule has 1 saturated carbocycles. The van der Waals surface area contributed by atoms with Gasteiger partial charge in [0, 0.05) is 12.0 Å². The molecular formula is C24H26N4OS. The number of carbonyl (C=O) groups excluding carboxylic acids is 1. The van der Waals surface area contributed by atoms with Crippen LogP contribution < -0.4 is 5.32 Å². The van der Waals surface area contributed by atoms with E-state index in [4.69, 9.17) is 0 Å². The van der Waals surface area contributed by atoms with Gasteiger partial charge >= 0.3 is 0 Å². The zero-order valence-electron chi connectivity index (χ0n) is 17.4. The van der Waals surface area contributed by atoms with Gasteiger partial charge in [-0.2, -0.15) is 0 Å². The van der Waals surface area contributed by atoms with E-state index in [1.165, 1.54) is 34.0 Å². The quantitative estimate of drug-likeness (QED) is 0.612. The van der Waals surface area contributed by atoms with Crippen LogP contribution in [0.25, 0.3) is 5.69 Å². The van der Waals surface area contributed by atoms with E-state index in [0.717, 1.165) is 42.4 Å². The third-order valence-electron chi connectivity index (χ3n) is 5.95. The van der Waals surface area contributed by atoms with Crippen molar-refractivity contribution < 1.29 is 4.79 Å². The highest BCUT2D eigenvalue weighted by molar-refractivity contribution is 7.99. The molecule has 3 aromatic rings. The lowest BCUT2D eigenvalue weighted by molar-refractivity contribution is -0.119. The molecular weight excluding hydrogens is 392 g/mol. The van der Waals surface area contributed by atoms with Crippen LogP contribution in [0.3, 0.4) is 0 Å². The fraction of sp³-hybridized carbons (Fsp3) is 0.375. The number of benzene rings is 2. The van der Waals surface area contributed by atoms with Crippen LogP contribution in [0.4, 0.5) is 0 Å². The zero-order chi connectivity index (χ0) is 20.7. The van der Waals surface area contributed by atoms with Gasteiger partial charge in [-0.15, -0.1) is 10.2 Å². The number of nitrogens with zero attached hydrogens (tertiary/aromatic N) is 3. The van der Waals surface area contributed by atoms with Crippen LogP contribution in [0.2, 0.25) is 0 Å². The maximum atomic E-state index is 12.7. The first kappa shape index (κ1) is 19.4. The average Bonchev–Trinajstić information content (AvgIpc) is 3.36. The second-order valence-electron chi connectivity index (χ2n) is 8.47. The molecule has 6 heteroatoms. The molecule has 2 aliphatic rings. The van der Waals surface area contributed by atoms with Crippen molar-refractivity contribution >= 4 is 17.7 Å². The van der Waals surface area contributed by atoms with Gasteiger partial charge < -0.3 is 5.32 Å². The molecule has 1 aromatic heterocycles. The van der Waals surface area contributed by atoms with Crippen LogP contribution in [0.5, 0.6) is 0 Å². The summed E-state index contributed by atoms with van der Waals surface area (Å²) in [6.45, 7) is 4.22. The number of rotatable bonds is 6. The molecule has 0 radical (unpaired) electrons. The van der Waals surface area contributed by atoms with Crippen LogP contribution in [0.15, 0.2) is 47.6 Å². The number of aromatic nitrogens is 3. The van der Waals surface area contributed by atoms with Crippen molar-refractivity contribution in [1.29, 1.82) is 0 Å². The Morgan fingerprint density at radius 3 is 2.53 bits per heavy atom. The van der Waals surface area contributed by atoms with E-state index in [9.17, 15) is 4.79 Å². The number of amides is 1. The van der Waals surface area contributed by atoms with Gasteiger partial charge in [-0.1, -0.05) is 48.2 Å². The molecule has 5 nitrogen and oxygen atoms in total. The summed E-state index contributed by atoms with van der Waals surface area (Å²) in [4.78, 5) is 12.7. The fourth-order valence-corrected chi connectivity index (χ4v) is 4.99. The zero-order valence-corrected chi connectivity index (χ0v) is 18.2. The fourth-order valence-electron chi connectivity index (χ4n) is 4.23. The molecule has 1 amide bonds. The topological polar surface area (TPSA) is 59.8 Å². The Morgan fingerprint density at radius 1 is 1.10 bits per heavy atom. The van der Waals surface area contributed by atoms with Gasteiger partial charge in [0.05, 0.1) is 11.4 Å². The third kappa shape index (κ3) is 3.88. The summed E-state index contributed by atoms with van der Waals surface area (Å²) in [5.41, 5.74) is 6.22. The lowest BCUT2D eigenvalue weighted by atomic mass is 10.1. The number of fused-ring (bicyclic) bond motifs is 1. The molecule has 0 bridgehead atoms. The molecule has 2 aliphatic carbocycles. The van der Waals surface area contributed by atoms with Gasteiger partial charge in [-0.05, 0) is 67.9 Å². The maximum absolute atomic E-state index is 12.7. The van der Waals surface area contributed by atoms with Crippen molar-refractivity contribution in [1.82, 2.24) is 20.1 Å². The summed E-state index contributed by atoms with van der Waals surface area (Å²) in [5.74, 6) is 1.91. The van der Waals surface area contributed by atoms with Crippen molar-refractivity contribution in [3.05, 3.63) is 70.5 Å². The number of hydrogen-bond donors (Lipinski definition) is 1. The largest absolute Gasteiger partial charge is 0.352 e. The van der Waals surface area contributed by atoms with Crippen molar-refractivity contribution in [2.75, 3.05) is 5.75 Å². The predicted molar refractivity (Wildman–Crippen MR) is 119 cm³/mol. The summed E-state index contributed by atoms with van der Waals surface area (Å²) in [6, 6.07) is 15.1. The predicted octanol–water partition coefficient (Wildman–Crippen LogP) is 4.14. The molecule has 0 saturated heterocycles. The summed E-state index contributed by atoms with van der Waals surface area (Å²) in [5, 5.41) is 13.0. The van der Waals surface area contributed by atoms with Crippen LogP contribution in [-0.2, 0) is 17.6 Å². The molecule has 5 rings (SSSR count). The molecule has 0 atom stereocenters. The maximum Gasteiger partial charge on any atom is 0.230 e. The normalized spacial score (nSPS) is 15.9. The Balaban J connectivity index is 1.30. The summed E-state index contributed by atoms with van der Waals surface area (Å²) >= 11 is 1.48. The van der Waals surface area contributed by atoms with Crippen LogP contribution in [0.1, 0.15) is 46.8 Å². The van der Waals surface area contributed by atoms with Crippen molar-refractivity contribution in [2.24, 2.45) is 0 Å². The van der Waals surface area contributed by atoms with E-state index < -0.39 is 0 Å². The van der Waals surface area contributed by atoms with E-state index in [1.54, 1.807) is 0 Å². The summed E-state index contributed by atoms with van der Waals surface area (Å²) in [7, 11) is 0. The minimum atomic E-state index is 0.0568. The first-order valence-electron chi connectivity index (χ1n) is 10.6. The highest BCUT2D eigenvalue weighted by atomic mass is 32.2. The summed E-state index contributed by atoms with van der Waals surface area (Å²) < 4.78 is 2.17. The molecule has 0 spiro atoms. The molecule has 1 heterocycles. The first-order valence-corrected chi connectivity index (χ1v) is 11.6. The molecule has 1 N–H and O–H groups in total. The van der Waals surface area contributed by atoms with Gasteiger partial charge in [-0.25, -0.2) is 0 Å². The Hall–Kier alpha value is -2.60. The second-order valence-corrected chi connectivity index (χ2v) is 9.41.